The first-order chi connectivity index (χ1) is 11.0. The average Bonchev–Trinajstić information content (AvgIpc) is 2.87. The molecular formula is C16H11Cl3N2O2. The van der Waals surface area contributed by atoms with E-state index in [1.807, 2.05) is 0 Å². The highest BCUT2D eigenvalue weighted by Crippen LogP contribution is 2.33. The summed E-state index contributed by atoms with van der Waals surface area (Å²) < 4.78 is 6.48. The Labute approximate surface area is 147 Å². The van der Waals surface area contributed by atoms with Crippen LogP contribution in [0.5, 0.6) is 0 Å². The Morgan fingerprint density at radius 2 is 1.83 bits per heavy atom. The summed E-state index contributed by atoms with van der Waals surface area (Å²) in [6, 6.07) is 10.4. The summed E-state index contributed by atoms with van der Waals surface area (Å²) in [7, 11) is 1.33. The third-order valence-corrected chi connectivity index (χ3v) is 4.19. The van der Waals surface area contributed by atoms with Gasteiger partial charge in [-0.2, -0.15) is 0 Å². The molecule has 0 bridgehead atoms. The smallest absolute Gasteiger partial charge is 0.325 e. The first-order valence-corrected chi connectivity index (χ1v) is 7.81. The number of nitrogens with zero attached hydrogens (tertiary/aromatic N) is 2. The molecule has 0 radical (unpaired) electrons. The molecule has 0 fully saturated rings. The van der Waals surface area contributed by atoms with Crippen molar-refractivity contribution in [3.8, 4) is 11.4 Å². The standard InChI is InChI=1S/C16H11Cl3N2O2/c1-23-15(22)8-21-14-7-10(18)3-5-13(14)20-16(21)11-6-9(17)2-4-12(11)19/h2-7H,8H2,1H3. The van der Waals surface area contributed by atoms with Gasteiger partial charge in [0.15, 0.2) is 0 Å². The molecule has 0 unspecified atom stereocenters. The minimum atomic E-state index is -0.399. The number of hydrogen-bond acceptors (Lipinski definition) is 3. The third-order valence-electron chi connectivity index (χ3n) is 3.39. The second-order valence-electron chi connectivity index (χ2n) is 4.85. The lowest BCUT2D eigenvalue weighted by Crippen LogP contribution is -2.12. The fraction of sp³-hybridized carbons (Fsp3) is 0.125. The Hall–Kier alpha value is -1.75. The predicted molar refractivity (Wildman–Crippen MR) is 92.2 cm³/mol. The lowest BCUT2D eigenvalue weighted by molar-refractivity contribution is -0.141. The Morgan fingerprint density at radius 1 is 1.13 bits per heavy atom. The molecule has 1 heterocycles. The molecule has 0 spiro atoms. The fourth-order valence-corrected chi connectivity index (χ4v) is 2.86. The minimum Gasteiger partial charge on any atom is -0.468 e. The number of aromatic nitrogens is 2. The van der Waals surface area contributed by atoms with Gasteiger partial charge in [-0.1, -0.05) is 34.8 Å². The van der Waals surface area contributed by atoms with Gasteiger partial charge in [0, 0.05) is 15.6 Å². The fourth-order valence-electron chi connectivity index (χ4n) is 2.32. The van der Waals surface area contributed by atoms with Crippen LogP contribution < -0.4 is 0 Å². The molecule has 0 aliphatic carbocycles. The molecule has 1 aromatic heterocycles. The van der Waals surface area contributed by atoms with Crippen molar-refractivity contribution < 1.29 is 9.53 Å². The quantitative estimate of drug-likeness (QED) is 0.621. The third kappa shape index (κ3) is 3.15. The van der Waals surface area contributed by atoms with E-state index in [9.17, 15) is 4.79 Å². The molecule has 4 nitrogen and oxygen atoms in total. The molecule has 2 aromatic carbocycles. The van der Waals surface area contributed by atoms with E-state index in [1.165, 1.54) is 7.11 Å². The van der Waals surface area contributed by atoms with Crippen molar-refractivity contribution in [1.29, 1.82) is 0 Å². The number of methoxy groups -OCH3 is 1. The van der Waals surface area contributed by atoms with Gasteiger partial charge in [0.2, 0.25) is 0 Å². The molecule has 0 aliphatic rings. The van der Waals surface area contributed by atoms with Crippen LogP contribution in [0.3, 0.4) is 0 Å². The zero-order chi connectivity index (χ0) is 16.6. The van der Waals surface area contributed by atoms with E-state index in [4.69, 9.17) is 39.5 Å². The van der Waals surface area contributed by atoms with Crippen LogP contribution in [0.1, 0.15) is 0 Å². The molecule has 0 atom stereocenters. The number of carbonyl (C=O) groups excluding carboxylic acids is 1. The summed E-state index contributed by atoms with van der Waals surface area (Å²) in [6.07, 6.45) is 0. The van der Waals surface area contributed by atoms with Crippen molar-refractivity contribution in [2.24, 2.45) is 0 Å². The zero-order valence-corrected chi connectivity index (χ0v) is 14.3. The molecular weight excluding hydrogens is 359 g/mol. The second-order valence-corrected chi connectivity index (χ2v) is 6.13. The highest BCUT2D eigenvalue weighted by atomic mass is 35.5. The summed E-state index contributed by atoms with van der Waals surface area (Å²) in [5.74, 6) is 0.129. The van der Waals surface area contributed by atoms with Crippen LogP contribution in [0.4, 0.5) is 0 Å². The SMILES string of the molecule is COC(=O)Cn1c(-c2cc(Cl)ccc2Cl)nc2ccc(Cl)cc21. The number of rotatable bonds is 3. The predicted octanol–water partition coefficient (Wildman–Crippen LogP) is 4.84. The molecule has 0 saturated carbocycles. The molecule has 0 N–H and O–H groups in total. The average molecular weight is 370 g/mol. The molecule has 0 amide bonds. The van der Waals surface area contributed by atoms with Crippen molar-refractivity contribution in [3.05, 3.63) is 51.5 Å². The molecule has 3 rings (SSSR count). The van der Waals surface area contributed by atoms with Crippen LogP contribution in [-0.4, -0.2) is 22.6 Å². The molecule has 0 aliphatic heterocycles. The Kier molecular flexibility index (Phi) is 4.48. The van der Waals surface area contributed by atoms with Crippen LogP contribution in [0.15, 0.2) is 36.4 Å². The van der Waals surface area contributed by atoms with Gasteiger partial charge >= 0.3 is 5.97 Å². The van der Waals surface area contributed by atoms with E-state index in [-0.39, 0.29) is 6.54 Å². The van der Waals surface area contributed by atoms with Crippen LogP contribution in [0.25, 0.3) is 22.4 Å². The summed E-state index contributed by atoms with van der Waals surface area (Å²) in [5, 5.41) is 1.56. The van der Waals surface area contributed by atoms with Crippen molar-refractivity contribution in [3.63, 3.8) is 0 Å². The Morgan fingerprint density at radius 3 is 2.57 bits per heavy atom. The van der Waals surface area contributed by atoms with Crippen molar-refractivity contribution in [2.75, 3.05) is 7.11 Å². The van der Waals surface area contributed by atoms with Gasteiger partial charge in [-0.15, -0.1) is 0 Å². The van der Waals surface area contributed by atoms with Crippen LogP contribution >= 0.6 is 34.8 Å². The summed E-state index contributed by atoms with van der Waals surface area (Å²) in [5.41, 5.74) is 2.05. The van der Waals surface area contributed by atoms with E-state index in [0.717, 1.165) is 0 Å². The van der Waals surface area contributed by atoms with Crippen LogP contribution in [-0.2, 0) is 16.1 Å². The van der Waals surface area contributed by atoms with Crippen LogP contribution in [0, 0.1) is 0 Å². The first kappa shape index (κ1) is 16.1. The normalized spacial score (nSPS) is 11.0. The van der Waals surface area contributed by atoms with Crippen LogP contribution in [0.2, 0.25) is 15.1 Å². The molecule has 23 heavy (non-hydrogen) atoms. The van der Waals surface area contributed by atoms with E-state index < -0.39 is 5.97 Å². The molecule has 3 aromatic rings. The Bertz CT molecular complexity index is 906. The lowest BCUT2D eigenvalue weighted by atomic mass is 10.2. The number of fused-ring (bicyclic) bond motifs is 1. The number of benzene rings is 2. The highest BCUT2D eigenvalue weighted by molar-refractivity contribution is 6.35. The minimum absolute atomic E-state index is 0.00841. The van der Waals surface area contributed by atoms with Crippen molar-refractivity contribution >= 4 is 51.8 Å². The van der Waals surface area contributed by atoms with Gasteiger partial charge < -0.3 is 9.30 Å². The van der Waals surface area contributed by atoms with Gasteiger partial charge in [-0.25, -0.2) is 4.98 Å². The molecule has 0 saturated heterocycles. The highest BCUT2D eigenvalue weighted by Gasteiger charge is 2.18. The number of hydrogen-bond donors (Lipinski definition) is 0. The van der Waals surface area contributed by atoms with Gasteiger partial charge in [-0.3, -0.25) is 4.79 Å². The summed E-state index contributed by atoms with van der Waals surface area (Å²) in [4.78, 5) is 16.3. The maximum absolute atomic E-state index is 11.8. The summed E-state index contributed by atoms with van der Waals surface area (Å²) >= 11 is 18.4. The number of esters is 1. The maximum atomic E-state index is 11.8. The number of ether oxygens (including phenoxy) is 1. The van der Waals surface area contributed by atoms with Crippen molar-refractivity contribution in [2.45, 2.75) is 6.54 Å². The van der Waals surface area contributed by atoms with Gasteiger partial charge in [0.25, 0.3) is 0 Å². The van der Waals surface area contributed by atoms with Gasteiger partial charge in [0.1, 0.15) is 12.4 Å². The number of halogens is 3. The lowest BCUT2D eigenvalue weighted by Gasteiger charge is -2.09. The van der Waals surface area contributed by atoms with Gasteiger partial charge in [0.05, 0.1) is 23.2 Å². The van der Waals surface area contributed by atoms with E-state index in [0.29, 0.717) is 37.5 Å². The topological polar surface area (TPSA) is 44.1 Å². The van der Waals surface area contributed by atoms with E-state index in [2.05, 4.69) is 4.98 Å². The second kappa shape index (κ2) is 6.40. The molecule has 118 valence electrons. The van der Waals surface area contributed by atoms with E-state index in [1.54, 1.807) is 41.0 Å². The number of carbonyl (C=O) groups is 1. The van der Waals surface area contributed by atoms with E-state index >= 15 is 0 Å². The molecule has 7 heteroatoms. The first-order valence-electron chi connectivity index (χ1n) is 6.67. The summed E-state index contributed by atoms with van der Waals surface area (Å²) in [6.45, 7) is -0.00841. The van der Waals surface area contributed by atoms with Gasteiger partial charge in [-0.05, 0) is 36.4 Å². The van der Waals surface area contributed by atoms with Crippen molar-refractivity contribution in [1.82, 2.24) is 9.55 Å². The number of imidazole rings is 1. The maximum Gasteiger partial charge on any atom is 0.325 e. The Balaban J connectivity index is 2.28. The monoisotopic (exact) mass is 368 g/mol. The largest absolute Gasteiger partial charge is 0.468 e. The zero-order valence-electron chi connectivity index (χ0n) is 12.0.